The molecule has 0 spiro atoms. The van der Waals surface area contributed by atoms with Crippen molar-refractivity contribution < 1.29 is 9.90 Å². The van der Waals surface area contributed by atoms with Gasteiger partial charge in [-0.2, -0.15) is 0 Å². The Morgan fingerprint density at radius 3 is 2.30 bits per heavy atom. The average Bonchev–Trinajstić information content (AvgIpc) is 2.47. The molecule has 0 saturated heterocycles. The van der Waals surface area contributed by atoms with Crippen LogP contribution < -0.4 is 0 Å². The molecular formula is C15H11N3O2. The summed E-state index contributed by atoms with van der Waals surface area (Å²) in [7, 11) is 0. The van der Waals surface area contributed by atoms with E-state index in [1.165, 1.54) is 0 Å². The van der Waals surface area contributed by atoms with Crippen molar-refractivity contribution in [2.45, 2.75) is 0 Å². The van der Waals surface area contributed by atoms with Crippen molar-refractivity contribution in [2.75, 3.05) is 0 Å². The Hall–Kier alpha value is -3.04. The van der Waals surface area contributed by atoms with Crippen LogP contribution in [0.25, 0.3) is 22.1 Å². The molecule has 0 aromatic heterocycles. The molecule has 0 heterocycles. The van der Waals surface area contributed by atoms with Crippen LogP contribution in [0.4, 0.5) is 5.69 Å². The number of carbonyl (C=O) groups is 1. The lowest BCUT2D eigenvalue weighted by Crippen LogP contribution is -1.99. The molecule has 98 valence electrons. The predicted octanol–water partition coefficient (Wildman–Crippen LogP) is 4.25. The number of carboxylic acids is 1. The third-order valence-corrected chi connectivity index (χ3v) is 2.68. The van der Waals surface area contributed by atoms with Gasteiger partial charge >= 0.3 is 5.97 Å². The standard InChI is InChI=1S/C15H11N3O2/c16-18-17-13-8-6-11(7-9-13)10-14(15(19)20)12-4-2-1-3-5-12/h1-10H,(H,19,20). The van der Waals surface area contributed by atoms with Crippen LogP contribution in [0.2, 0.25) is 0 Å². The van der Waals surface area contributed by atoms with Gasteiger partial charge in [-0.05, 0) is 22.7 Å². The molecule has 0 unspecified atom stereocenters. The van der Waals surface area contributed by atoms with Gasteiger partial charge in [0, 0.05) is 10.6 Å². The quantitative estimate of drug-likeness (QED) is 0.294. The van der Waals surface area contributed by atoms with Gasteiger partial charge in [0.05, 0.1) is 5.57 Å². The first-order chi connectivity index (χ1) is 9.70. The molecule has 0 bridgehead atoms. The van der Waals surface area contributed by atoms with E-state index in [0.29, 0.717) is 11.3 Å². The van der Waals surface area contributed by atoms with Crippen LogP contribution in [0.15, 0.2) is 59.7 Å². The third-order valence-electron chi connectivity index (χ3n) is 2.68. The number of aliphatic carboxylic acids is 1. The van der Waals surface area contributed by atoms with Gasteiger partial charge in [-0.15, -0.1) is 0 Å². The first-order valence-corrected chi connectivity index (χ1v) is 5.86. The average molecular weight is 265 g/mol. The molecule has 0 radical (unpaired) electrons. The smallest absolute Gasteiger partial charge is 0.336 e. The van der Waals surface area contributed by atoms with Crippen molar-refractivity contribution in [1.29, 1.82) is 0 Å². The van der Waals surface area contributed by atoms with Crippen molar-refractivity contribution in [3.05, 3.63) is 76.2 Å². The van der Waals surface area contributed by atoms with Crippen molar-refractivity contribution >= 4 is 23.3 Å². The second-order valence-electron chi connectivity index (χ2n) is 4.01. The highest BCUT2D eigenvalue weighted by molar-refractivity contribution is 6.20. The first-order valence-electron chi connectivity index (χ1n) is 5.86. The van der Waals surface area contributed by atoms with Gasteiger partial charge in [0.25, 0.3) is 0 Å². The molecule has 20 heavy (non-hydrogen) atoms. The molecule has 0 amide bonds. The summed E-state index contributed by atoms with van der Waals surface area (Å²) >= 11 is 0. The molecule has 0 aliphatic heterocycles. The van der Waals surface area contributed by atoms with Crippen molar-refractivity contribution in [2.24, 2.45) is 5.11 Å². The molecule has 0 atom stereocenters. The lowest BCUT2D eigenvalue weighted by molar-refractivity contribution is -0.130. The van der Waals surface area contributed by atoms with Gasteiger partial charge in [0.15, 0.2) is 0 Å². The minimum absolute atomic E-state index is 0.210. The molecule has 1 N–H and O–H groups in total. The fourth-order valence-corrected chi connectivity index (χ4v) is 1.74. The summed E-state index contributed by atoms with van der Waals surface area (Å²) in [6, 6.07) is 15.6. The van der Waals surface area contributed by atoms with E-state index in [1.807, 2.05) is 6.07 Å². The van der Waals surface area contributed by atoms with E-state index >= 15 is 0 Å². The molecule has 5 heteroatoms. The van der Waals surface area contributed by atoms with Gasteiger partial charge in [0.1, 0.15) is 0 Å². The molecule has 0 fully saturated rings. The van der Waals surface area contributed by atoms with Crippen LogP contribution >= 0.6 is 0 Å². The molecule has 0 aliphatic rings. The number of nitrogens with zero attached hydrogens (tertiary/aromatic N) is 3. The van der Waals surface area contributed by atoms with E-state index < -0.39 is 5.97 Å². The third kappa shape index (κ3) is 3.25. The Balaban J connectivity index is 2.39. The van der Waals surface area contributed by atoms with Gasteiger partial charge < -0.3 is 5.11 Å². The molecular weight excluding hydrogens is 254 g/mol. The fraction of sp³-hybridized carbons (Fsp3) is 0. The maximum absolute atomic E-state index is 11.3. The minimum Gasteiger partial charge on any atom is -0.478 e. The largest absolute Gasteiger partial charge is 0.478 e. The molecule has 5 nitrogen and oxygen atoms in total. The van der Waals surface area contributed by atoms with Crippen molar-refractivity contribution in [3.8, 4) is 0 Å². The Kier molecular flexibility index (Phi) is 4.17. The highest BCUT2D eigenvalue weighted by Crippen LogP contribution is 2.20. The van der Waals surface area contributed by atoms with Crippen LogP contribution in [0.1, 0.15) is 11.1 Å². The molecule has 0 aliphatic carbocycles. The van der Waals surface area contributed by atoms with E-state index in [9.17, 15) is 9.90 Å². The zero-order valence-electron chi connectivity index (χ0n) is 10.5. The summed E-state index contributed by atoms with van der Waals surface area (Å²) in [5, 5.41) is 12.8. The molecule has 2 aromatic carbocycles. The monoisotopic (exact) mass is 265 g/mol. The highest BCUT2D eigenvalue weighted by atomic mass is 16.4. The van der Waals surface area contributed by atoms with Gasteiger partial charge in [-0.1, -0.05) is 59.7 Å². The predicted molar refractivity (Wildman–Crippen MR) is 77.2 cm³/mol. The minimum atomic E-state index is -0.990. The lowest BCUT2D eigenvalue weighted by atomic mass is 10.0. The normalized spacial score (nSPS) is 10.7. The van der Waals surface area contributed by atoms with Crippen molar-refractivity contribution in [3.63, 3.8) is 0 Å². The number of rotatable bonds is 4. The zero-order chi connectivity index (χ0) is 14.4. The second-order valence-corrected chi connectivity index (χ2v) is 4.01. The van der Waals surface area contributed by atoms with Gasteiger partial charge in [-0.3, -0.25) is 0 Å². The summed E-state index contributed by atoms with van der Waals surface area (Å²) < 4.78 is 0. The highest BCUT2D eigenvalue weighted by Gasteiger charge is 2.09. The van der Waals surface area contributed by atoms with Crippen molar-refractivity contribution in [1.82, 2.24) is 0 Å². The number of carboxylic acid groups (broad SMARTS) is 1. The van der Waals surface area contributed by atoms with E-state index in [2.05, 4.69) is 10.0 Å². The summed E-state index contributed by atoms with van der Waals surface area (Å²) in [6.07, 6.45) is 1.58. The number of hydrogen-bond acceptors (Lipinski definition) is 2. The Morgan fingerprint density at radius 1 is 1.10 bits per heavy atom. The van der Waals surface area contributed by atoms with E-state index in [1.54, 1.807) is 54.6 Å². The fourth-order valence-electron chi connectivity index (χ4n) is 1.74. The van der Waals surface area contributed by atoms with Crippen LogP contribution in [0.3, 0.4) is 0 Å². The summed E-state index contributed by atoms with van der Waals surface area (Å²) in [6.45, 7) is 0. The maximum atomic E-state index is 11.3. The van der Waals surface area contributed by atoms with E-state index in [0.717, 1.165) is 5.56 Å². The summed E-state index contributed by atoms with van der Waals surface area (Å²) in [4.78, 5) is 14.0. The van der Waals surface area contributed by atoms with Crippen LogP contribution in [0, 0.1) is 0 Å². The van der Waals surface area contributed by atoms with Crippen LogP contribution in [0.5, 0.6) is 0 Å². The van der Waals surface area contributed by atoms with Gasteiger partial charge in [-0.25, -0.2) is 4.79 Å². The Bertz CT molecular complexity index is 685. The maximum Gasteiger partial charge on any atom is 0.336 e. The molecule has 0 saturated carbocycles. The Labute approximate surface area is 115 Å². The number of azide groups is 1. The zero-order valence-corrected chi connectivity index (χ0v) is 10.5. The van der Waals surface area contributed by atoms with E-state index in [4.69, 9.17) is 5.53 Å². The Morgan fingerprint density at radius 2 is 1.75 bits per heavy atom. The van der Waals surface area contributed by atoms with E-state index in [-0.39, 0.29) is 5.57 Å². The van der Waals surface area contributed by atoms with Crippen LogP contribution in [-0.4, -0.2) is 11.1 Å². The molecule has 2 rings (SSSR count). The summed E-state index contributed by atoms with van der Waals surface area (Å²) in [5.74, 6) is -0.990. The second kappa shape index (κ2) is 6.22. The lowest BCUT2D eigenvalue weighted by Gasteiger charge is -2.03. The topological polar surface area (TPSA) is 86.1 Å². The first kappa shape index (κ1) is 13.4. The molecule has 2 aromatic rings. The van der Waals surface area contributed by atoms with Gasteiger partial charge in [0.2, 0.25) is 0 Å². The number of benzene rings is 2. The summed E-state index contributed by atoms with van der Waals surface area (Å²) in [5.41, 5.74) is 10.4. The SMILES string of the molecule is [N-]=[N+]=Nc1ccc(C=C(C(=O)O)c2ccccc2)cc1. The number of hydrogen-bond donors (Lipinski definition) is 1. The van der Waals surface area contributed by atoms with Crippen LogP contribution in [-0.2, 0) is 4.79 Å².